The van der Waals surface area contributed by atoms with Gasteiger partial charge in [-0.15, -0.1) is 0 Å². The Morgan fingerprint density at radius 3 is 2.47 bits per heavy atom. The first-order chi connectivity index (χ1) is 16.0. The summed E-state index contributed by atoms with van der Waals surface area (Å²) in [5.41, 5.74) is 6.21. The van der Waals surface area contributed by atoms with E-state index in [0.717, 1.165) is 18.6 Å². The van der Waals surface area contributed by atoms with Crippen LogP contribution in [0.1, 0.15) is 79.6 Å². The molecule has 2 fully saturated rings. The van der Waals surface area contributed by atoms with E-state index < -0.39 is 22.9 Å². The van der Waals surface area contributed by atoms with E-state index in [9.17, 15) is 14.4 Å². The van der Waals surface area contributed by atoms with E-state index >= 15 is 0 Å². The fourth-order valence-electron chi connectivity index (χ4n) is 4.63. The number of nitrogens with zero attached hydrogens (tertiary/aromatic N) is 1. The highest BCUT2D eigenvalue weighted by molar-refractivity contribution is 8.00. The van der Waals surface area contributed by atoms with Crippen molar-refractivity contribution < 1.29 is 19.1 Å². The number of carbonyl (C=O) groups excluding carboxylic acids is 3. The summed E-state index contributed by atoms with van der Waals surface area (Å²) in [6.45, 7) is 11.3. The van der Waals surface area contributed by atoms with Crippen LogP contribution >= 0.6 is 11.8 Å². The zero-order valence-corrected chi connectivity index (χ0v) is 22.5. The first-order valence-electron chi connectivity index (χ1n) is 13.0. The maximum absolute atomic E-state index is 13.8. The minimum Gasteiger partial charge on any atom is -0.450 e. The van der Waals surface area contributed by atoms with Gasteiger partial charge in [0.05, 0.1) is 6.61 Å². The van der Waals surface area contributed by atoms with Crippen LogP contribution in [0.25, 0.3) is 0 Å². The number of thioether (sulfide) groups is 1. The van der Waals surface area contributed by atoms with E-state index in [4.69, 9.17) is 10.5 Å². The summed E-state index contributed by atoms with van der Waals surface area (Å²) in [4.78, 5) is 41.0. The zero-order chi connectivity index (χ0) is 25.3. The standard InChI is InChI=1S/C25H46N4O4S/c1-6-12-33-24(32)28-21(25(4,5)34-16-17(2)3)23(31)29-15-19(26)13-20(29)22(30)27-14-18-10-8-7-9-11-18/h17-21H,6-16,26H2,1-5H3,(H,27,30)(H,28,32)/t19-,20+,21+/m1/s1. The van der Waals surface area contributed by atoms with Crippen LogP contribution in [0, 0.1) is 11.8 Å². The lowest BCUT2D eigenvalue weighted by Gasteiger charge is -2.37. The van der Waals surface area contributed by atoms with Gasteiger partial charge in [-0.25, -0.2) is 4.79 Å². The van der Waals surface area contributed by atoms with Gasteiger partial charge in [-0.05, 0) is 57.1 Å². The molecule has 4 N–H and O–H groups in total. The Balaban J connectivity index is 2.14. The molecule has 1 saturated heterocycles. The summed E-state index contributed by atoms with van der Waals surface area (Å²) in [5, 5.41) is 5.89. The molecule has 0 unspecified atom stereocenters. The smallest absolute Gasteiger partial charge is 0.407 e. The highest BCUT2D eigenvalue weighted by Crippen LogP contribution is 2.32. The molecule has 2 aliphatic rings. The molecule has 0 radical (unpaired) electrons. The van der Waals surface area contributed by atoms with Crippen molar-refractivity contribution in [3.63, 3.8) is 0 Å². The van der Waals surface area contributed by atoms with Crippen molar-refractivity contribution in [2.75, 3.05) is 25.4 Å². The highest BCUT2D eigenvalue weighted by atomic mass is 32.2. The number of rotatable bonds is 11. The second-order valence-corrected chi connectivity index (χ2v) is 12.4. The van der Waals surface area contributed by atoms with Crippen molar-refractivity contribution in [2.45, 2.75) is 102 Å². The van der Waals surface area contributed by atoms with Crippen LogP contribution < -0.4 is 16.4 Å². The van der Waals surface area contributed by atoms with Crippen molar-refractivity contribution in [3.05, 3.63) is 0 Å². The van der Waals surface area contributed by atoms with Crippen LogP contribution in [-0.2, 0) is 14.3 Å². The lowest BCUT2D eigenvalue weighted by molar-refractivity contribution is -0.140. The number of likely N-dealkylation sites (tertiary alicyclic amines) is 1. The minimum atomic E-state index is -0.834. The third-order valence-corrected chi connectivity index (χ3v) is 8.45. The summed E-state index contributed by atoms with van der Waals surface area (Å²) in [6.07, 6.45) is 6.48. The lowest BCUT2D eigenvalue weighted by Crippen LogP contribution is -2.60. The van der Waals surface area contributed by atoms with Gasteiger partial charge in [0.2, 0.25) is 11.8 Å². The van der Waals surface area contributed by atoms with Crippen LogP contribution in [0.3, 0.4) is 0 Å². The monoisotopic (exact) mass is 498 g/mol. The van der Waals surface area contributed by atoms with E-state index in [-0.39, 0.29) is 24.5 Å². The Morgan fingerprint density at radius 2 is 1.85 bits per heavy atom. The van der Waals surface area contributed by atoms with Gasteiger partial charge < -0.3 is 26.0 Å². The zero-order valence-electron chi connectivity index (χ0n) is 21.7. The average Bonchev–Trinajstić information content (AvgIpc) is 3.20. The van der Waals surface area contributed by atoms with Gasteiger partial charge in [0.25, 0.3) is 0 Å². The van der Waals surface area contributed by atoms with Crippen LogP contribution in [0.4, 0.5) is 4.79 Å². The number of amides is 3. The van der Waals surface area contributed by atoms with Gasteiger partial charge in [-0.2, -0.15) is 11.8 Å². The molecule has 1 aliphatic carbocycles. The van der Waals surface area contributed by atoms with E-state index in [1.807, 2.05) is 20.8 Å². The maximum Gasteiger partial charge on any atom is 0.407 e. The molecule has 3 amide bonds. The van der Waals surface area contributed by atoms with E-state index in [1.54, 1.807) is 16.7 Å². The molecule has 196 valence electrons. The molecule has 9 heteroatoms. The van der Waals surface area contributed by atoms with E-state index in [1.165, 1.54) is 19.3 Å². The molecule has 0 aromatic rings. The Kier molecular flexibility index (Phi) is 11.5. The number of nitrogens with one attached hydrogen (secondary N) is 2. The molecule has 2 rings (SSSR count). The van der Waals surface area contributed by atoms with Crippen LogP contribution in [0.2, 0.25) is 0 Å². The first-order valence-corrected chi connectivity index (χ1v) is 13.9. The summed E-state index contributed by atoms with van der Waals surface area (Å²) in [7, 11) is 0. The summed E-state index contributed by atoms with van der Waals surface area (Å²) in [5.74, 6) is 1.36. The van der Waals surface area contributed by atoms with Crippen LogP contribution in [0.5, 0.6) is 0 Å². The molecule has 1 heterocycles. The minimum absolute atomic E-state index is 0.146. The molecule has 1 aliphatic heterocycles. The average molecular weight is 499 g/mol. The third kappa shape index (κ3) is 8.63. The molecule has 0 aromatic heterocycles. The van der Waals surface area contributed by atoms with E-state index in [0.29, 0.717) is 37.8 Å². The Bertz CT molecular complexity index is 682. The van der Waals surface area contributed by atoms with Crippen molar-refractivity contribution in [2.24, 2.45) is 17.6 Å². The topological polar surface area (TPSA) is 114 Å². The number of nitrogens with two attached hydrogens (primary N) is 1. The number of ether oxygens (including phenoxy) is 1. The van der Waals surface area contributed by atoms with E-state index in [2.05, 4.69) is 24.5 Å². The van der Waals surface area contributed by atoms with Gasteiger partial charge in [-0.3, -0.25) is 9.59 Å². The number of hydrogen-bond acceptors (Lipinski definition) is 6. The molecule has 3 atom stereocenters. The van der Waals surface area contributed by atoms with Gasteiger partial charge >= 0.3 is 6.09 Å². The summed E-state index contributed by atoms with van der Waals surface area (Å²) < 4.78 is 4.63. The third-order valence-electron chi connectivity index (χ3n) is 6.64. The second kappa shape index (κ2) is 13.6. The number of alkyl carbamates (subject to hydrolysis) is 1. The Morgan fingerprint density at radius 1 is 1.18 bits per heavy atom. The molecule has 8 nitrogen and oxygen atoms in total. The second-order valence-electron chi connectivity index (χ2n) is 10.8. The predicted molar refractivity (Wildman–Crippen MR) is 138 cm³/mol. The lowest BCUT2D eigenvalue weighted by atomic mass is 9.89. The number of carbonyl (C=O) groups is 3. The predicted octanol–water partition coefficient (Wildman–Crippen LogP) is 3.28. The first kappa shape index (κ1) is 28.8. The van der Waals surface area contributed by atoms with Gasteiger partial charge in [0.1, 0.15) is 12.1 Å². The molecule has 34 heavy (non-hydrogen) atoms. The normalized spacial score (nSPS) is 22.5. The van der Waals surface area contributed by atoms with Crippen molar-refractivity contribution >= 4 is 29.7 Å². The Labute approximate surface area is 209 Å². The van der Waals surface area contributed by atoms with Gasteiger partial charge in [-0.1, -0.05) is 40.0 Å². The molecular weight excluding hydrogens is 452 g/mol. The quantitative estimate of drug-likeness (QED) is 0.403. The molecule has 0 spiro atoms. The molecule has 0 aromatic carbocycles. The SMILES string of the molecule is CCCOC(=O)N[C@@H](C(=O)N1C[C@H](N)C[C@H]1C(=O)NCC1CCCCC1)C(C)(C)SCC(C)C. The van der Waals surface area contributed by atoms with Crippen molar-refractivity contribution in [1.29, 1.82) is 0 Å². The highest BCUT2D eigenvalue weighted by Gasteiger charge is 2.46. The molecule has 1 saturated carbocycles. The molecular formula is C25H46N4O4S. The largest absolute Gasteiger partial charge is 0.450 e. The maximum atomic E-state index is 13.8. The Hall–Kier alpha value is -1.48. The van der Waals surface area contributed by atoms with Gasteiger partial charge in [0.15, 0.2) is 0 Å². The van der Waals surface area contributed by atoms with Crippen LogP contribution in [-0.4, -0.2) is 71.1 Å². The van der Waals surface area contributed by atoms with Crippen molar-refractivity contribution in [3.8, 4) is 0 Å². The van der Waals surface area contributed by atoms with Crippen LogP contribution in [0.15, 0.2) is 0 Å². The molecule has 0 bridgehead atoms. The fraction of sp³-hybridized carbons (Fsp3) is 0.880. The summed E-state index contributed by atoms with van der Waals surface area (Å²) >= 11 is 1.64. The summed E-state index contributed by atoms with van der Waals surface area (Å²) in [6, 6.07) is -1.72. The fourth-order valence-corrected chi connectivity index (χ4v) is 5.72. The van der Waals surface area contributed by atoms with Gasteiger partial charge in [0, 0.05) is 23.9 Å². The number of hydrogen-bond donors (Lipinski definition) is 3. The van der Waals surface area contributed by atoms with Crippen molar-refractivity contribution in [1.82, 2.24) is 15.5 Å².